The van der Waals surface area contributed by atoms with E-state index in [9.17, 15) is 4.39 Å². The maximum atomic E-state index is 14.0. The average molecular weight is 322 g/mol. The summed E-state index contributed by atoms with van der Waals surface area (Å²) in [5.41, 5.74) is 1.21. The van der Waals surface area contributed by atoms with E-state index < -0.39 is 0 Å². The summed E-state index contributed by atoms with van der Waals surface area (Å²) in [7, 11) is 1.55. The van der Waals surface area contributed by atoms with Crippen LogP contribution in [0.4, 0.5) is 4.39 Å². The topological polar surface area (TPSA) is 38.5 Å². The van der Waals surface area contributed by atoms with Crippen LogP contribution in [0.25, 0.3) is 11.5 Å². The molecule has 3 rings (SSSR count). The molecule has 0 saturated carbocycles. The molecule has 1 saturated heterocycles. The van der Waals surface area contributed by atoms with E-state index >= 15 is 0 Å². The number of halogens is 1. The minimum absolute atomic E-state index is 0.315. The van der Waals surface area contributed by atoms with Gasteiger partial charge in [0.1, 0.15) is 17.3 Å². The smallest absolute Gasteiger partial charge is 0.229 e. The molecule has 4 nitrogen and oxygen atoms in total. The summed E-state index contributed by atoms with van der Waals surface area (Å²) in [6.45, 7) is 4.74. The predicted molar refractivity (Wildman–Crippen MR) is 85.8 cm³/mol. The Morgan fingerprint density at radius 3 is 2.86 bits per heavy atom. The number of rotatable bonds is 4. The lowest BCUT2D eigenvalue weighted by atomic mass is 10.2. The second-order valence-electron chi connectivity index (χ2n) is 5.26. The summed E-state index contributed by atoms with van der Waals surface area (Å²) >= 11 is 1.97. The van der Waals surface area contributed by atoms with Gasteiger partial charge in [-0.15, -0.1) is 0 Å². The number of hydrogen-bond acceptors (Lipinski definition) is 5. The van der Waals surface area contributed by atoms with Crippen LogP contribution in [0.5, 0.6) is 5.75 Å². The highest BCUT2D eigenvalue weighted by Crippen LogP contribution is 2.28. The first-order chi connectivity index (χ1) is 10.7. The van der Waals surface area contributed by atoms with Gasteiger partial charge in [-0.1, -0.05) is 0 Å². The van der Waals surface area contributed by atoms with Crippen LogP contribution in [0.3, 0.4) is 0 Å². The van der Waals surface area contributed by atoms with Crippen molar-refractivity contribution in [2.45, 2.75) is 13.5 Å². The maximum Gasteiger partial charge on any atom is 0.229 e. The number of methoxy groups -OCH3 is 1. The van der Waals surface area contributed by atoms with Gasteiger partial charge >= 0.3 is 0 Å². The zero-order chi connectivity index (χ0) is 15.5. The zero-order valence-electron chi connectivity index (χ0n) is 12.8. The van der Waals surface area contributed by atoms with Crippen molar-refractivity contribution < 1.29 is 13.5 Å². The Morgan fingerprint density at radius 1 is 1.36 bits per heavy atom. The molecule has 0 aliphatic carbocycles. The molecule has 0 radical (unpaired) electrons. The van der Waals surface area contributed by atoms with Crippen molar-refractivity contribution in [2.24, 2.45) is 0 Å². The van der Waals surface area contributed by atoms with Crippen molar-refractivity contribution in [3.05, 3.63) is 35.5 Å². The highest BCUT2D eigenvalue weighted by molar-refractivity contribution is 7.99. The van der Waals surface area contributed by atoms with Crippen LogP contribution < -0.4 is 4.74 Å². The lowest BCUT2D eigenvalue weighted by Gasteiger charge is -2.25. The van der Waals surface area contributed by atoms with Crippen molar-refractivity contribution in [3.8, 4) is 17.2 Å². The largest absolute Gasteiger partial charge is 0.497 e. The number of oxazole rings is 1. The van der Waals surface area contributed by atoms with Crippen LogP contribution in [0.1, 0.15) is 11.5 Å². The molecule has 0 spiro atoms. The molecule has 6 heteroatoms. The lowest BCUT2D eigenvalue weighted by molar-refractivity contribution is 0.289. The molecule has 2 heterocycles. The molecular weight excluding hydrogens is 303 g/mol. The molecule has 0 amide bonds. The first kappa shape index (κ1) is 15.4. The molecule has 1 aromatic carbocycles. The summed E-state index contributed by atoms with van der Waals surface area (Å²) in [5, 5.41) is 0. The van der Waals surface area contributed by atoms with Gasteiger partial charge in [0.05, 0.1) is 18.4 Å². The minimum atomic E-state index is -0.358. The van der Waals surface area contributed by atoms with Gasteiger partial charge in [0.25, 0.3) is 0 Å². The fraction of sp³-hybridized carbons (Fsp3) is 0.438. The molecule has 1 aromatic heterocycles. The van der Waals surface area contributed by atoms with E-state index in [1.165, 1.54) is 6.07 Å². The van der Waals surface area contributed by atoms with Crippen LogP contribution in [-0.4, -0.2) is 41.6 Å². The van der Waals surface area contributed by atoms with Gasteiger partial charge in [-0.2, -0.15) is 11.8 Å². The van der Waals surface area contributed by atoms with Crippen molar-refractivity contribution in [1.82, 2.24) is 9.88 Å². The van der Waals surface area contributed by atoms with Crippen molar-refractivity contribution >= 4 is 11.8 Å². The zero-order valence-corrected chi connectivity index (χ0v) is 13.6. The van der Waals surface area contributed by atoms with E-state index in [1.54, 1.807) is 19.2 Å². The summed E-state index contributed by atoms with van der Waals surface area (Å²) in [6, 6.07) is 4.57. The standard InChI is InChI=1S/C16H19FN2O2S/c1-11-15(10-19-5-7-22-8-6-19)18-16(21-11)13-9-12(20-2)3-4-14(13)17/h3-4,9H,5-8,10H2,1-2H3. The molecule has 2 aromatic rings. The number of aromatic nitrogens is 1. The molecule has 0 atom stereocenters. The molecular formula is C16H19FN2O2S. The van der Waals surface area contributed by atoms with E-state index in [0.717, 1.165) is 42.6 Å². The third-order valence-electron chi connectivity index (χ3n) is 3.77. The van der Waals surface area contributed by atoms with E-state index in [2.05, 4.69) is 9.88 Å². The van der Waals surface area contributed by atoms with Crippen molar-refractivity contribution in [1.29, 1.82) is 0 Å². The number of ether oxygens (including phenoxy) is 1. The van der Waals surface area contributed by atoms with E-state index in [-0.39, 0.29) is 5.82 Å². The predicted octanol–water partition coefficient (Wildman–Crippen LogP) is 3.35. The Labute approximate surface area is 133 Å². The Balaban J connectivity index is 1.85. The Morgan fingerprint density at radius 2 is 2.14 bits per heavy atom. The van der Waals surface area contributed by atoms with Gasteiger partial charge in [-0.3, -0.25) is 4.90 Å². The third-order valence-corrected chi connectivity index (χ3v) is 4.72. The number of nitrogens with zero attached hydrogens (tertiary/aromatic N) is 2. The van der Waals surface area contributed by atoms with Gasteiger partial charge in [-0.25, -0.2) is 9.37 Å². The Bertz CT molecular complexity index is 654. The molecule has 1 aliphatic rings. The highest BCUT2D eigenvalue weighted by Gasteiger charge is 2.19. The van der Waals surface area contributed by atoms with Gasteiger partial charge in [-0.05, 0) is 25.1 Å². The lowest BCUT2D eigenvalue weighted by Crippen LogP contribution is -2.32. The van der Waals surface area contributed by atoms with Gasteiger partial charge < -0.3 is 9.15 Å². The molecule has 0 N–H and O–H groups in total. The number of hydrogen-bond donors (Lipinski definition) is 0. The highest BCUT2D eigenvalue weighted by atomic mass is 32.2. The Kier molecular flexibility index (Phi) is 4.69. The molecule has 0 bridgehead atoms. The van der Waals surface area contributed by atoms with Crippen molar-refractivity contribution in [3.63, 3.8) is 0 Å². The quantitative estimate of drug-likeness (QED) is 0.863. The first-order valence-corrected chi connectivity index (χ1v) is 8.43. The van der Waals surface area contributed by atoms with E-state index in [4.69, 9.17) is 9.15 Å². The van der Waals surface area contributed by atoms with E-state index in [0.29, 0.717) is 17.2 Å². The second-order valence-corrected chi connectivity index (χ2v) is 6.48. The molecule has 118 valence electrons. The van der Waals surface area contributed by atoms with E-state index in [1.807, 2.05) is 18.7 Å². The summed E-state index contributed by atoms with van der Waals surface area (Å²) in [4.78, 5) is 6.85. The fourth-order valence-electron chi connectivity index (χ4n) is 2.46. The molecule has 1 fully saturated rings. The van der Waals surface area contributed by atoms with Crippen LogP contribution in [0.2, 0.25) is 0 Å². The fourth-order valence-corrected chi connectivity index (χ4v) is 3.43. The van der Waals surface area contributed by atoms with Crippen molar-refractivity contribution in [2.75, 3.05) is 31.7 Å². The monoisotopic (exact) mass is 322 g/mol. The number of benzene rings is 1. The summed E-state index contributed by atoms with van der Waals surface area (Å²) < 4.78 is 24.8. The van der Waals surface area contributed by atoms with Crippen LogP contribution in [-0.2, 0) is 6.54 Å². The van der Waals surface area contributed by atoms with Crippen LogP contribution in [0, 0.1) is 12.7 Å². The first-order valence-electron chi connectivity index (χ1n) is 7.27. The van der Waals surface area contributed by atoms with Crippen LogP contribution >= 0.6 is 11.8 Å². The minimum Gasteiger partial charge on any atom is -0.497 e. The summed E-state index contributed by atoms with van der Waals surface area (Å²) in [5.74, 6) is 3.58. The Hall–Kier alpha value is -1.53. The maximum absolute atomic E-state index is 14.0. The van der Waals surface area contributed by atoms with Gasteiger partial charge in [0.15, 0.2) is 0 Å². The third kappa shape index (κ3) is 3.28. The number of aryl methyl sites for hydroxylation is 1. The van der Waals surface area contributed by atoms with Gasteiger partial charge in [0.2, 0.25) is 5.89 Å². The van der Waals surface area contributed by atoms with Gasteiger partial charge in [0, 0.05) is 31.1 Å². The molecule has 1 aliphatic heterocycles. The van der Waals surface area contributed by atoms with Crippen LogP contribution in [0.15, 0.2) is 22.6 Å². The normalized spacial score (nSPS) is 16.0. The molecule has 0 unspecified atom stereocenters. The SMILES string of the molecule is COc1ccc(F)c(-c2nc(CN3CCSCC3)c(C)o2)c1. The second kappa shape index (κ2) is 6.71. The average Bonchev–Trinajstić information content (AvgIpc) is 2.89. The molecule has 22 heavy (non-hydrogen) atoms. The summed E-state index contributed by atoms with van der Waals surface area (Å²) in [6.07, 6.45) is 0. The number of thioether (sulfide) groups is 1.